The quantitative estimate of drug-likeness (QED) is 0.596. The molecule has 0 aliphatic carbocycles. The molecular formula is C25H22N2O4. The molecule has 2 fully saturated rings. The standard InChI is InChI=1S/C25H22N2O4/c1-30-20-14-12-18(13-15-20)22-21-23(31-27(22)19-10-6-3-7-11-19)25(29)26(24(21)28)16-17-8-4-2-5-9-17/h2-15,21-23H,16H2,1H3/t21-,22+,23+/m0/s1. The highest BCUT2D eigenvalue weighted by Gasteiger charge is 2.59. The molecule has 0 N–H and O–H groups in total. The summed E-state index contributed by atoms with van der Waals surface area (Å²) in [5.74, 6) is -0.399. The van der Waals surface area contributed by atoms with E-state index < -0.39 is 18.1 Å². The maximum atomic E-state index is 13.5. The van der Waals surface area contributed by atoms with Crippen molar-refractivity contribution in [3.8, 4) is 5.75 Å². The predicted octanol–water partition coefficient (Wildman–Crippen LogP) is 3.74. The Morgan fingerprint density at radius 3 is 2.13 bits per heavy atom. The van der Waals surface area contributed by atoms with Crippen molar-refractivity contribution in [1.29, 1.82) is 0 Å². The zero-order valence-corrected chi connectivity index (χ0v) is 17.0. The number of nitrogens with zero attached hydrogens (tertiary/aromatic N) is 2. The lowest BCUT2D eigenvalue weighted by atomic mass is 9.90. The maximum Gasteiger partial charge on any atom is 0.262 e. The van der Waals surface area contributed by atoms with E-state index in [9.17, 15) is 9.59 Å². The van der Waals surface area contributed by atoms with Crippen molar-refractivity contribution >= 4 is 17.5 Å². The van der Waals surface area contributed by atoms with Gasteiger partial charge in [-0.2, -0.15) is 0 Å². The van der Waals surface area contributed by atoms with Crippen LogP contribution in [0, 0.1) is 5.92 Å². The second kappa shape index (κ2) is 7.89. The smallest absolute Gasteiger partial charge is 0.262 e. The zero-order valence-electron chi connectivity index (χ0n) is 17.0. The molecule has 2 aliphatic heterocycles. The summed E-state index contributed by atoms with van der Waals surface area (Å²) in [5, 5.41) is 1.70. The summed E-state index contributed by atoms with van der Waals surface area (Å²) in [6.07, 6.45) is -0.844. The van der Waals surface area contributed by atoms with Crippen LogP contribution < -0.4 is 9.80 Å². The molecule has 31 heavy (non-hydrogen) atoms. The van der Waals surface area contributed by atoms with E-state index in [1.165, 1.54) is 4.90 Å². The van der Waals surface area contributed by atoms with Crippen molar-refractivity contribution < 1.29 is 19.2 Å². The molecule has 0 spiro atoms. The number of methoxy groups -OCH3 is 1. The fourth-order valence-electron chi connectivity index (χ4n) is 4.33. The van der Waals surface area contributed by atoms with Crippen LogP contribution in [0.5, 0.6) is 5.75 Å². The Morgan fingerprint density at radius 1 is 0.839 bits per heavy atom. The Kier molecular flexibility index (Phi) is 4.92. The molecule has 0 saturated carbocycles. The Labute approximate surface area is 180 Å². The molecule has 6 heteroatoms. The number of likely N-dealkylation sites (tertiary alicyclic amines) is 1. The third-order valence-electron chi connectivity index (χ3n) is 5.86. The van der Waals surface area contributed by atoms with E-state index in [4.69, 9.17) is 9.57 Å². The third-order valence-corrected chi connectivity index (χ3v) is 5.86. The number of benzene rings is 3. The van der Waals surface area contributed by atoms with Crippen molar-refractivity contribution in [2.24, 2.45) is 5.92 Å². The Balaban J connectivity index is 1.52. The summed E-state index contributed by atoms with van der Waals surface area (Å²) >= 11 is 0. The van der Waals surface area contributed by atoms with E-state index in [0.717, 1.165) is 22.6 Å². The van der Waals surface area contributed by atoms with E-state index in [1.54, 1.807) is 12.2 Å². The monoisotopic (exact) mass is 414 g/mol. The van der Waals surface area contributed by atoms with Gasteiger partial charge in [0.25, 0.3) is 5.91 Å². The second-order valence-electron chi connectivity index (χ2n) is 7.68. The second-order valence-corrected chi connectivity index (χ2v) is 7.68. The Hall–Kier alpha value is -3.64. The topological polar surface area (TPSA) is 59.1 Å². The van der Waals surface area contributed by atoms with Gasteiger partial charge in [-0.3, -0.25) is 19.3 Å². The first-order valence-electron chi connectivity index (χ1n) is 10.2. The highest BCUT2D eigenvalue weighted by atomic mass is 16.7. The normalized spacial score (nSPS) is 22.7. The van der Waals surface area contributed by atoms with Crippen LogP contribution in [0.25, 0.3) is 0 Å². The molecule has 3 aromatic rings. The average molecular weight is 414 g/mol. The molecule has 6 nitrogen and oxygen atoms in total. The molecule has 2 amide bonds. The molecule has 0 bridgehead atoms. The largest absolute Gasteiger partial charge is 0.497 e. The third kappa shape index (κ3) is 3.35. The van der Waals surface area contributed by atoms with Gasteiger partial charge in [0, 0.05) is 0 Å². The summed E-state index contributed by atoms with van der Waals surface area (Å²) in [6, 6.07) is 26.2. The number of ether oxygens (including phenoxy) is 1. The van der Waals surface area contributed by atoms with Gasteiger partial charge in [0.2, 0.25) is 5.91 Å². The first-order chi connectivity index (χ1) is 15.2. The number of para-hydroxylation sites is 1. The minimum atomic E-state index is -0.844. The van der Waals surface area contributed by atoms with Gasteiger partial charge < -0.3 is 4.74 Å². The van der Waals surface area contributed by atoms with Gasteiger partial charge >= 0.3 is 0 Å². The number of amides is 2. The van der Waals surface area contributed by atoms with E-state index in [2.05, 4.69) is 0 Å². The lowest BCUT2D eigenvalue weighted by molar-refractivity contribution is -0.143. The molecule has 156 valence electrons. The molecule has 0 radical (unpaired) electrons. The molecule has 3 atom stereocenters. The van der Waals surface area contributed by atoms with Crippen molar-refractivity contribution in [2.75, 3.05) is 12.2 Å². The zero-order chi connectivity index (χ0) is 21.4. The highest BCUT2D eigenvalue weighted by molar-refractivity contribution is 6.07. The van der Waals surface area contributed by atoms with Crippen LogP contribution in [0.15, 0.2) is 84.9 Å². The Morgan fingerprint density at radius 2 is 1.48 bits per heavy atom. The summed E-state index contributed by atoms with van der Waals surface area (Å²) in [6.45, 7) is 0.246. The summed E-state index contributed by atoms with van der Waals surface area (Å²) in [4.78, 5) is 34.1. The number of hydrogen-bond donors (Lipinski definition) is 0. The first kappa shape index (κ1) is 19.3. The lowest BCUT2D eigenvalue weighted by Gasteiger charge is -2.28. The van der Waals surface area contributed by atoms with Crippen molar-refractivity contribution in [3.05, 3.63) is 96.1 Å². The summed E-state index contributed by atoms with van der Waals surface area (Å²) in [5.41, 5.74) is 2.60. The molecular weight excluding hydrogens is 392 g/mol. The van der Waals surface area contributed by atoms with Crippen LogP contribution in [-0.4, -0.2) is 29.9 Å². The first-order valence-corrected chi connectivity index (χ1v) is 10.2. The van der Waals surface area contributed by atoms with Crippen molar-refractivity contribution in [1.82, 2.24) is 4.90 Å². The van der Waals surface area contributed by atoms with E-state index >= 15 is 0 Å². The number of imide groups is 1. The molecule has 0 aromatic heterocycles. The van der Waals surface area contributed by atoms with Gasteiger partial charge in [-0.05, 0) is 35.4 Å². The summed E-state index contributed by atoms with van der Waals surface area (Å²) in [7, 11) is 1.61. The van der Waals surface area contributed by atoms with Gasteiger partial charge in [-0.1, -0.05) is 60.7 Å². The van der Waals surface area contributed by atoms with Crippen LogP contribution >= 0.6 is 0 Å². The van der Waals surface area contributed by atoms with E-state index in [1.807, 2.05) is 84.9 Å². The van der Waals surface area contributed by atoms with Gasteiger partial charge in [0.05, 0.1) is 25.4 Å². The molecule has 2 saturated heterocycles. The number of hydroxylamine groups is 1. The number of carbonyl (C=O) groups is 2. The van der Waals surface area contributed by atoms with Crippen molar-refractivity contribution in [3.63, 3.8) is 0 Å². The number of anilines is 1. The highest BCUT2D eigenvalue weighted by Crippen LogP contribution is 2.47. The van der Waals surface area contributed by atoms with Crippen LogP contribution in [0.2, 0.25) is 0 Å². The number of fused-ring (bicyclic) bond motifs is 1. The van der Waals surface area contributed by atoms with E-state index in [-0.39, 0.29) is 18.4 Å². The molecule has 2 heterocycles. The van der Waals surface area contributed by atoms with E-state index in [0.29, 0.717) is 0 Å². The maximum absolute atomic E-state index is 13.5. The lowest BCUT2D eigenvalue weighted by Crippen LogP contribution is -2.36. The van der Waals surface area contributed by atoms with Gasteiger partial charge in [-0.15, -0.1) is 0 Å². The van der Waals surface area contributed by atoms with Crippen LogP contribution in [0.4, 0.5) is 5.69 Å². The van der Waals surface area contributed by atoms with Gasteiger partial charge in [-0.25, -0.2) is 5.06 Å². The SMILES string of the molecule is COc1ccc([C@@H]2[C@@H]3C(=O)N(Cc4ccccc4)C(=O)[C@@H]3ON2c2ccccc2)cc1. The molecule has 0 unspecified atom stereocenters. The molecule has 3 aromatic carbocycles. The molecule has 2 aliphatic rings. The summed E-state index contributed by atoms with van der Waals surface area (Å²) < 4.78 is 5.28. The fourth-order valence-corrected chi connectivity index (χ4v) is 4.33. The van der Waals surface area contributed by atoms with Crippen LogP contribution in [0.3, 0.4) is 0 Å². The van der Waals surface area contributed by atoms with Crippen LogP contribution in [-0.2, 0) is 21.0 Å². The van der Waals surface area contributed by atoms with Crippen molar-refractivity contribution in [2.45, 2.75) is 18.7 Å². The van der Waals surface area contributed by atoms with Gasteiger partial charge in [0.15, 0.2) is 6.10 Å². The average Bonchev–Trinajstić information content (AvgIpc) is 3.32. The predicted molar refractivity (Wildman–Crippen MR) is 115 cm³/mol. The Bertz CT molecular complexity index is 1090. The minimum absolute atomic E-state index is 0.210. The number of rotatable bonds is 5. The fraction of sp³-hybridized carbons (Fsp3) is 0.200. The minimum Gasteiger partial charge on any atom is -0.497 e. The van der Waals surface area contributed by atoms with Gasteiger partial charge in [0.1, 0.15) is 11.7 Å². The van der Waals surface area contributed by atoms with Crippen LogP contribution in [0.1, 0.15) is 17.2 Å². The number of hydrogen-bond acceptors (Lipinski definition) is 5. The number of carbonyl (C=O) groups excluding carboxylic acids is 2. The molecule has 5 rings (SSSR count).